The molecule has 34 heavy (non-hydrogen) atoms. The van der Waals surface area contributed by atoms with Crippen LogP contribution in [-0.2, 0) is 17.6 Å². The van der Waals surface area contributed by atoms with Gasteiger partial charge in [-0.25, -0.2) is 4.79 Å². The Morgan fingerprint density at radius 1 is 1.15 bits per heavy atom. The van der Waals surface area contributed by atoms with Crippen molar-refractivity contribution in [3.05, 3.63) is 69.8 Å². The molecule has 2 aromatic rings. The minimum absolute atomic E-state index is 0. The van der Waals surface area contributed by atoms with E-state index in [0.717, 1.165) is 36.6 Å². The summed E-state index contributed by atoms with van der Waals surface area (Å²) in [6.45, 7) is 9.50. The number of carbonyl (C=O) groups is 1. The van der Waals surface area contributed by atoms with Gasteiger partial charge in [0.25, 0.3) is 0 Å². The molecular weight excluding hydrogens is 473 g/mol. The number of carboxylic acid groups (broad SMARTS) is 1. The van der Waals surface area contributed by atoms with Crippen LogP contribution in [0, 0.1) is 5.41 Å². The highest BCUT2D eigenvalue weighted by atomic mass is 35.5. The molecule has 0 atom stereocenters. The summed E-state index contributed by atoms with van der Waals surface area (Å²) in [7, 11) is 0. The number of rotatable bonds is 8. The van der Waals surface area contributed by atoms with E-state index in [2.05, 4.69) is 56.0 Å². The smallest absolute Gasteiger partial charge is 0.493 e. The first-order valence-electron chi connectivity index (χ1n) is 11.5. The number of hydrogen-bond acceptors (Lipinski definition) is 4. The lowest BCUT2D eigenvalue weighted by atomic mass is 9.85. The van der Waals surface area contributed by atoms with Crippen LogP contribution in [0.3, 0.4) is 0 Å². The Bertz CT molecular complexity index is 1040. The summed E-state index contributed by atoms with van der Waals surface area (Å²) in [6, 6.07) is 14.5. The Hall–Kier alpha value is -2.21. The Morgan fingerprint density at radius 3 is 2.53 bits per heavy atom. The van der Waals surface area contributed by atoms with Gasteiger partial charge in [0.15, 0.2) is 0 Å². The quantitative estimate of drug-likeness (QED) is 0.414. The van der Waals surface area contributed by atoms with Crippen LogP contribution in [-0.4, -0.2) is 48.5 Å². The molecule has 1 heterocycles. The molecule has 1 aliphatic heterocycles. The van der Waals surface area contributed by atoms with Crippen LogP contribution < -0.4 is 4.74 Å². The highest BCUT2D eigenvalue weighted by Crippen LogP contribution is 2.35. The lowest BCUT2D eigenvalue weighted by Gasteiger charge is -2.39. The van der Waals surface area contributed by atoms with E-state index in [0.29, 0.717) is 19.7 Å². The van der Waals surface area contributed by atoms with E-state index in [4.69, 9.17) is 26.2 Å². The zero-order valence-corrected chi connectivity index (χ0v) is 21.5. The summed E-state index contributed by atoms with van der Waals surface area (Å²) < 4.78 is 11.0. The highest BCUT2D eigenvalue weighted by Gasteiger charge is 2.31. The first kappa shape index (κ1) is 26.4. The molecule has 2 aliphatic rings. The number of benzene rings is 2. The molecule has 2 aromatic carbocycles. The van der Waals surface area contributed by atoms with Crippen molar-refractivity contribution in [2.45, 2.75) is 46.1 Å². The van der Waals surface area contributed by atoms with Gasteiger partial charge in [-0.2, -0.15) is 0 Å². The maximum absolute atomic E-state index is 10.6. The Balaban J connectivity index is 0.00000324. The van der Waals surface area contributed by atoms with Crippen LogP contribution in [0.25, 0.3) is 5.57 Å². The van der Waals surface area contributed by atoms with E-state index >= 15 is 0 Å². The van der Waals surface area contributed by atoms with Crippen molar-refractivity contribution in [1.82, 2.24) is 4.90 Å². The first-order valence-corrected chi connectivity index (χ1v) is 11.9. The molecule has 1 N–H and O–H groups in total. The number of allylic oxidation sites excluding steroid dienone is 1. The molecule has 1 saturated heterocycles. The van der Waals surface area contributed by atoms with Crippen LogP contribution in [0.1, 0.15) is 43.9 Å². The first-order chi connectivity index (χ1) is 15.7. The summed E-state index contributed by atoms with van der Waals surface area (Å²) in [5, 5.41) is 9.48. The maximum Gasteiger partial charge on any atom is 0.506 e. The monoisotopic (exact) mass is 505 g/mol. The van der Waals surface area contributed by atoms with Gasteiger partial charge >= 0.3 is 6.16 Å². The lowest BCUT2D eigenvalue weighted by molar-refractivity contribution is -0.0292. The zero-order chi connectivity index (χ0) is 23.6. The Labute approximate surface area is 213 Å². The second kappa shape index (κ2) is 11.0. The van der Waals surface area contributed by atoms with E-state index in [1.54, 1.807) is 0 Å². The molecular formula is C27H33Cl2NO4. The van der Waals surface area contributed by atoms with Crippen LogP contribution >= 0.6 is 24.0 Å². The lowest BCUT2D eigenvalue weighted by Crippen LogP contribution is -2.53. The van der Waals surface area contributed by atoms with Gasteiger partial charge in [-0.05, 0) is 72.7 Å². The number of nitrogens with zero attached hydrogens (tertiary/aromatic N) is 1. The number of halogens is 2. The molecule has 1 fully saturated rings. The van der Waals surface area contributed by atoms with Gasteiger partial charge in [0.2, 0.25) is 0 Å². The molecule has 0 spiro atoms. The molecule has 5 nitrogen and oxygen atoms in total. The number of fused-ring (bicyclic) bond motifs is 1. The van der Waals surface area contributed by atoms with Gasteiger partial charge in [0, 0.05) is 30.1 Å². The van der Waals surface area contributed by atoms with Crippen LogP contribution in [0.15, 0.2) is 48.0 Å². The number of ether oxygens (including phenoxy) is 2. The molecule has 0 radical (unpaired) electrons. The normalized spacial score (nSPS) is 16.4. The van der Waals surface area contributed by atoms with Crippen molar-refractivity contribution >= 4 is 35.7 Å². The van der Waals surface area contributed by atoms with Crippen molar-refractivity contribution in [3.63, 3.8) is 0 Å². The molecule has 184 valence electrons. The summed E-state index contributed by atoms with van der Waals surface area (Å²) in [6.07, 6.45) is 1.56. The molecule has 0 unspecified atom stereocenters. The third kappa shape index (κ3) is 6.68. The fourth-order valence-electron chi connectivity index (χ4n) is 4.72. The second-order valence-electron chi connectivity index (χ2n) is 10.0. The predicted molar refractivity (Wildman–Crippen MR) is 138 cm³/mol. The van der Waals surface area contributed by atoms with E-state index in [9.17, 15) is 4.79 Å². The third-order valence-corrected chi connectivity index (χ3v) is 6.79. The van der Waals surface area contributed by atoms with Gasteiger partial charge in [-0.3, -0.25) is 4.90 Å². The fourth-order valence-corrected chi connectivity index (χ4v) is 4.84. The van der Waals surface area contributed by atoms with Crippen LogP contribution in [0.2, 0.25) is 5.02 Å². The zero-order valence-electron chi connectivity index (χ0n) is 20.0. The van der Waals surface area contributed by atoms with Crippen molar-refractivity contribution in [3.8, 4) is 5.75 Å². The average Bonchev–Trinajstić information content (AvgIpc) is 2.73. The van der Waals surface area contributed by atoms with Gasteiger partial charge in [-0.15, -0.1) is 12.4 Å². The van der Waals surface area contributed by atoms with E-state index < -0.39 is 6.16 Å². The van der Waals surface area contributed by atoms with E-state index in [1.165, 1.54) is 27.8 Å². The minimum Gasteiger partial charge on any atom is -0.493 e. The molecule has 1 aliphatic carbocycles. The Morgan fingerprint density at radius 2 is 1.85 bits per heavy atom. The fraction of sp³-hybridized carbons (Fsp3) is 0.444. The topological polar surface area (TPSA) is 59.0 Å². The third-order valence-electron chi connectivity index (χ3n) is 6.54. The summed E-state index contributed by atoms with van der Waals surface area (Å²) in [5.74, 6) is 0.922. The van der Waals surface area contributed by atoms with Crippen LogP contribution in [0.4, 0.5) is 4.79 Å². The summed E-state index contributed by atoms with van der Waals surface area (Å²) in [4.78, 5) is 12.9. The number of likely N-dealkylation sites (tertiary alicyclic amines) is 1. The number of aryl methyl sites for hydroxylation is 1. The molecule has 4 rings (SSSR count). The summed E-state index contributed by atoms with van der Waals surface area (Å²) in [5.41, 5.74) is 6.65. The molecule has 0 aromatic heterocycles. The Kier molecular flexibility index (Phi) is 8.56. The van der Waals surface area contributed by atoms with Crippen molar-refractivity contribution < 1.29 is 19.4 Å². The van der Waals surface area contributed by atoms with Crippen molar-refractivity contribution in [1.29, 1.82) is 0 Å². The minimum atomic E-state index is -1.19. The van der Waals surface area contributed by atoms with Crippen molar-refractivity contribution in [2.75, 3.05) is 26.2 Å². The SMILES string of the molecule is CC1=C(CN2CC(OC(=O)O)C2)CCc2cc(OCC(C)(C)Cc3ccc(Cl)cc3)ccc21.Cl. The predicted octanol–water partition coefficient (Wildman–Crippen LogP) is 6.51. The second-order valence-corrected chi connectivity index (χ2v) is 10.4. The molecule has 0 bridgehead atoms. The van der Waals surface area contributed by atoms with Crippen LogP contribution in [0.5, 0.6) is 5.75 Å². The highest BCUT2D eigenvalue weighted by molar-refractivity contribution is 6.30. The van der Waals surface area contributed by atoms with Gasteiger partial charge in [-0.1, -0.05) is 49.2 Å². The van der Waals surface area contributed by atoms with Gasteiger partial charge in [0.05, 0.1) is 6.61 Å². The molecule has 7 heteroatoms. The van der Waals surface area contributed by atoms with E-state index in [1.807, 2.05) is 12.1 Å². The standard InChI is InChI=1S/C27H32ClNO4.ClH/c1-18-21(14-29-15-24(16-29)33-26(30)31)7-6-20-12-23(10-11-25(18)20)32-17-27(2,3)13-19-4-8-22(28)9-5-19;/h4-5,8-12,24H,6-7,13-17H2,1-3H3,(H,30,31);1H. The average molecular weight is 506 g/mol. The molecule has 0 amide bonds. The molecule has 0 saturated carbocycles. The summed E-state index contributed by atoms with van der Waals surface area (Å²) >= 11 is 6.00. The van der Waals surface area contributed by atoms with Gasteiger partial charge < -0.3 is 14.6 Å². The number of hydrogen-bond donors (Lipinski definition) is 1. The maximum atomic E-state index is 10.6. The van der Waals surface area contributed by atoms with Gasteiger partial charge in [0.1, 0.15) is 11.9 Å². The van der Waals surface area contributed by atoms with E-state index in [-0.39, 0.29) is 23.9 Å². The largest absolute Gasteiger partial charge is 0.506 e. The van der Waals surface area contributed by atoms with Crippen molar-refractivity contribution in [2.24, 2.45) is 5.41 Å².